The molecule has 76 valence electrons. The molecule has 1 aliphatic rings. The zero-order chi connectivity index (χ0) is 7.68. The minimum Gasteiger partial charge on any atom is -0.315 e. The Hall–Kier alpha value is -0.250. The van der Waals surface area contributed by atoms with Gasteiger partial charge >= 0.3 is 0 Å². The van der Waals surface area contributed by atoms with Crippen LogP contribution >= 0.6 is 24.8 Å². The van der Waals surface area contributed by atoms with Gasteiger partial charge in [0.05, 0.1) is 12.2 Å². The van der Waals surface area contributed by atoms with Crippen LogP contribution in [0.4, 0.5) is 0 Å². The average Bonchev–Trinajstić information content (AvgIpc) is 2.55. The van der Waals surface area contributed by atoms with E-state index in [0.717, 1.165) is 13.1 Å². The minimum atomic E-state index is 0. The van der Waals surface area contributed by atoms with Gasteiger partial charge in [0, 0.05) is 12.7 Å². The molecule has 1 N–H and O–H groups in total. The number of halogens is 2. The Morgan fingerprint density at radius 2 is 2.31 bits per heavy atom. The zero-order valence-electron chi connectivity index (χ0n) is 7.56. The van der Waals surface area contributed by atoms with Gasteiger partial charge in [-0.2, -0.15) is 5.10 Å². The predicted octanol–water partition coefficient (Wildman–Crippen LogP) is 1.57. The average molecular weight is 224 g/mol. The molecule has 13 heavy (non-hydrogen) atoms. The largest absolute Gasteiger partial charge is 0.315 e. The van der Waals surface area contributed by atoms with E-state index < -0.39 is 0 Å². The highest BCUT2D eigenvalue weighted by molar-refractivity contribution is 5.85. The molecule has 0 bridgehead atoms. The van der Waals surface area contributed by atoms with Gasteiger partial charge in [0.1, 0.15) is 0 Å². The first kappa shape index (κ1) is 12.8. The molecule has 0 amide bonds. The summed E-state index contributed by atoms with van der Waals surface area (Å²) in [7, 11) is 0. The van der Waals surface area contributed by atoms with E-state index >= 15 is 0 Å². The van der Waals surface area contributed by atoms with E-state index in [1.54, 1.807) is 0 Å². The van der Waals surface area contributed by atoms with Crippen LogP contribution < -0.4 is 5.32 Å². The van der Waals surface area contributed by atoms with E-state index in [1.807, 2.05) is 6.20 Å². The third-order valence-electron chi connectivity index (χ3n) is 2.14. The van der Waals surface area contributed by atoms with Crippen molar-refractivity contribution in [3.63, 3.8) is 0 Å². The predicted molar refractivity (Wildman–Crippen MR) is 58.0 cm³/mol. The molecular weight excluding hydrogens is 209 g/mol. The molecule has 2 heterocycles. The van der Waals surface area contributed by atoms with Crippen molar-refractivity contribution < 1.29 is 0 Å². The Balaban J connectivity index is 0.000000720. The van der Waals surface area contributed by atoms with E-state index in [9.17, 15) is 0 Å². The second-order valence-electron chi connectivity index (χ2n) is 3.14. The molecular formula is C8H15Cl2N3. The fourth-order valence-electron chi connectivity index (χ4n) is 1.50. The van der Waals surface area contributed by atoms with Gasteiger partial charge < -0.3 is 5.32 Å². The van der Waals surface area contributed by atoms with Crippen molar-refractivity contribution >= 4 is 24.8 Å². The Kier molecular flexibility index (Phi) is 5.37. The fourth-order valence-corrected chi connectivity index (χ4v) is 1.50. The lowest BCUT2D eigenvalue weighted by Crippen LogP contribution is -2.13. The van der Waals surface area contributed by atoms with E-state index in [1.165, 1.54) is 12.0 Å². The molecule has 5 heteroatoms. The maximum absolute atomic E-state index is 4.27. The molecule has 3 nitrogen and oxygen atoms in total. The Morgan fingerprint density at radius 1 is 1.54 bits per heavy atom. The number of hydrogen-bond acceptors (Lipinski definition) is 2. The first-order valence-corrected chi connectivity index (χ1v) is 4.08. The second-order valence-corrected chi connectivity index (χ2v) is 3.14. The molecule has 0 spiro atoms. The van der Waals surface area contributed by atoms with Crippen LogP contribution in [0.25, 0.3) is 0 Å². The van der Waals surface area contributed by atoms with Crippen LogP contribution in [0.1, 0.15) is 18.0 Å². The molecule has 1 aromatic heterocycles. The Labute approximate surface area is 90.7 Å². The summed E-state index contributed by atoms with van der Waals surface area (Å²) in [6.45, 7) is 4.27. The number of rotatable bonds is 1. The number of hydrogen-bond donors (Lipinski definition) is 1. The van der Waals surface area contributed by atoms with Gasteiger partial charge in [0.15, 0.2) is 0 Å². The van der Waals surface area contributed by atoms with E-state index in [-0.39, 0.29) is 24.8 Å². The highest BCUT2D eigenvalue weighted by atomic mass is 35.5. The summed E-state index contributed by atoms with van der Waals surface area (Å²) >= 11 is 0. The molecule has 0 aliphatic carbocycles. The van der Waals surface area contributed by atoms with Gasteiger partial charge in [-0.15, -0.1) is 24.8 Å². The summed E-state index contributed by atoms with van der Waals surface area (Å²) in [6.07, 6.45) is 5.23. The standard InChI is InChI=1S/C8H13N3.2ClH/c1-7-4-10-11(6-7)8-2-3-9-5-8;;/h4,6,8-9H,2-3,5H2,1H3;2*1H. The van der Waals surface area contributed by atoms with E-state index in [4.69, 9.17) is 0 Å². The Bertz CT molecular complexity index is 243. The molecule has 1 unspecified atom stereocenters. The van der Waals surface area contributed by atoms with Gasteiger partial charge in [-0.3, -0.25) is 4.68 Å². The van der Waals surface area contributed by atoms with Crippen molar-refractivity contribution in [3.05, 3.63) is 18.0 Å². The molecule has 0 radical (unpaired) electrons. The van der Waals surface area contributed by atoms with Gasteiger partial charge in [0.25, 0.3) is 0 Å². The lowest BCUT2D eigenvalue weighted by atomic mass is 10.3. The summed E-state index contributed by atoms with van der Waals surface area (Å²) in [6, 6.07) is 0.587. The SMILES string of the molecule is Cc1cnn(C2CCNC2)c1.Cl.Cl. The molecule has 2 rings (SSSR count). The first-order valence-electron chi connectivity index (χ1n) is 4.08. The lowest BCUT2D eigenvalue weighted by molar-refractivity contribution is 0.490. The normalized spacial score (nSPS) is 20.5. The van der Waals surface area contributed by atoms with Crippen LogP contribution in [0.5, 0.6) is 0 Å². The topological polar surface area (TPSA) is 29.9 Å². The van der Waals surface area contributed by atoms with Gasteiger partial charge in [0.2, 0.25) is 0 Å². The highest BCUT2D eigenvalue weighted by Crippen LogP contribution is 2.13. The van der Waals surface area contributed by atoms with Crippen LogP contribution in [0.15, 0.2) is 12.4 Å². The smallest absolute Gasteiger partial charge is 0.0655 e. The summed E-state index contributed by atoms with van der Waals surface area (Å²) in [5.41, 5.74) is 1.25. The summed E-state index contributed by atoms with van der Waals surface area (Å²) in [4.78, 5) is 0. The quantitative estimate of drug-likeness (QED) is 0.784. The van der Waals surface area contributed by atoms with Crippen molar-refractivity contribution in [3.8, 4) is 0 Å². The molecule has 1 saturated heterocycles. The first-order chi connectivity index (χ1) is 5.36. The Morgan fingerprint density at radius 3 is 2.77 bits per heavy atom. The lowest BCUT2D eigenvalue weighted by Gasteiger charge is -2.07. The van der Waals surface area contributed by atoms with Crippen molar-refractivity contribution in [1.29, 1.82) is 0 Å². The molecule has 0 saturated carbocycles. The molecule has 0 aromatic carbocycles. The number of nitrogens with zero attached hydrogens (tertiary/aromatic N) is 2. The van der Waals surface area contributed by atoms with E-state index in [2.05, 4.69) is 28.2 Å². The molecule has 1 aromatic rings. The summed E-state index contributed by atoms with van der Waals surface area (Å²) in [5.74, 6) is 0. The number of aryl methyl sites for hydroxylation is 1. The van der Waals surface area contributed by atoms with Crippen molar-refractivity contribution in [2.24, 2.45) is 0 Å². The summed E-state index contributed by atoms with van der Waals surface area (Å²) in [5, 5.41) is 7.59. The highest BCUT2D eigenvalue weighted by Gasteiger charge is 2.15. The minimum absolute atomic E-state index is 0. The molecule has 1 fully saturated rings. The molecule has 1 atom stereocenters. The van der Waals surface area contributed by atoms with Crippen molar-refractivity contribution in [1.82, 2.24) is 15.1 Å². The van der Waals surface area contributed by atoms with Crippen molar-refractivity contribution in [2.75, 3.05) is 13.1 Å². The maximum Gasteiger partial charge on any atom is 0.0655 e. The second kappa shape index (κ2) is 5.47. The third kappa shape index (κ3) is 2.86. The monoisotopic (exact) mass is 223 g/mol. The van der Waals surface area contributed by atoms with Gasteiger partial charge in [-0.25, -0.2) is 0 Å². The zero-order valence-corrected chi connectivity index (χ0v) is 9.20. The van der Waals surface area contributed by atoms with Crippen LogP contribution in [-0.2, 0) is 0 Å². The fraction of sp³-hybridized carbons (Fsp3) is 0.625. The summed E-state index contributed by atoms with van der Waals surface area (Å²) < 4.78 is 2.06. The third-order valence-corrected chi connectivity index (χ3v) is 2.14. The number of nitrogens with one attached hydrogen (secondary N) is 1. The van der Waals surface area contributed by atoms with Crippen molar-refractivity contribution in [2.45, 2.75) is 19.4 Å². The van der Waals surface area contributed by atoms with E-state index in [0.29, 0.717) is 6.04 Å². The maximum atomic E-state index is 4.27. The van der Waals surface area contributed by atoms with Crippen LogP contribution in [0.2, 0.25) is 0 Å². The van der Waals surface area contributed by atoms with Crippen LogP contribution in [0.3, 0.4) is 0 Å². The van der Waals surface area contributed by atoms with Gasteiger partial charge in [-0.1, -0.05) is 0 Å². The van der Waals surface area contributed by atoms with Crippen LogP contribution in [0, 0.1) is 6.92 Å². The van der Waals surface area contributed by atoms with Crippen LogP contribution in [-0.4, -0.2) is 22.9 Å². The number of aromatic nitrogens is 2. The molecule has 1 aliphatic heterocycles. The van der Waals surface area contributed by atoms with Gasteiger partial charge in [-0.05, 0) is 25.5 Å².